The van der Waals surface area contributed by atoms with E-state index in [0.29, 0.717) is 6.42 Å². The minimum Gasteiger partial charge on any atom is -0.389 e. The number of rotatable bonds is 4. The van der Waals surface area contributed by atoms with Crippen LogP contribution in [-0.4, -0.2) is 22.7 Å². The van der Waals surface area contributed by atoms with E-state index in [9.17, 15) is 5.11 Å². The van der Waals surface area contributed by atoms with Gasteiger partial charge in [-0.2, -0.15) is 0 Å². The first-order chi connectivity index (χ1) is 13.6. The SMILES string of the molecule is C[C@@H]1[C@H](c2ccccc2)N(C)[C@H](c2ccccc2)C[C@@]1(O)Cc1ccccc1. The molecule has 28 heavy (non-hydrogen) atoms. The van der Waals surface area contributed by atoms with Gasteiger partial charge in [0.2, 0.25) is 0 Å². The van der Waals surface area contributed by atoms with Crippen molar-refractivity contribution in [2.75, 3.05) is 7.05 Å². The molecule has 1 heterocycles. The molecule has 144 valence electrons. The normalized spacial score (nSPS) is 28.2. The largest absolute Gasteiger partial charge is 0.389 e. The van der Waals surface area contributed by atoms with Gasteiger partial charge in [-0.3, -0.25) is 4.90 Å². The van der Waals surface area contributed by atoms with Crippen molar-refractivity contribution in [3.05, 3.63) is 108 Å². The van der Waals surface area contributed by atoms with E-state index in [4.69, 9.17) is 0 Å². The van der Waals surface area contributed by atoms with Crippen LogP contribution >= 0.6 is 0 Å². The first-order valence-electron chi connectivity index (χ1n) is 10.2. The van der Waals surface area contributed by atoms with Gasteiger partial charge in [-0.15, -0.1) is 0 Å². The van der Waals surface area contributed by atoms with Gasteiger partial charge in [0.05, 0.1) is 5.60 Å². The highest BCUT2D eigenvalue weighted by atomic mass is 16.3. The third-order valence-corrected chi connectivity index (χ3v) is 6.48. The second-order valence-electron chi connectivity index (χ2n) is 8.21. The smallest absolute Gasteiger partial charge is 0.0749 e. The Morgan fingerprint density at radius 3 is 1.89 bits per heavy atom. The van der Waals surface area contributed by atoms with Crippen LogP contribution in [0.15, 0.2) is 91.0 Å². The molecule has 0 amide bonds. The summed E-state index contributed by atoms with van der Waals surface area (Å²) in [5.74, 6) is 0.111. The molecule has 1 saturated heterocycles. The summed E-state index contributed by atoms with van der Waals surface area (Å²) in [5, 5.41) is 11.9. The van der Waals surface area contributed by atoms with Crippen LogP contribution in [0.4, 0.5) is 0 Å². The van der Waals surface area contributed by atoms with E-state index >= 15 is 0 Å². The summed E-state index contributed by atoms with van der Waals surface area (Å²) in [6.07, 6.45) is 1.41. The lowest BCUT2D eigenvalue weighted by Gasteiger charge is -2.52. The van der Waals surface area contributed by atoms with E-state index in [-0.39, 0.29) is 18.0 Å². The number of aliphatic hydroxyl groups is 1. The third-order valence-electron chi connectivity index (χ3n) is 6.48. The fourth-order valence-electron chi connectivity index (χ4n) is 4.89. The predicted molar refractivity (Wildman–Crippen MR) is 115 cm³/mol. The molecule has 0 saturated carbocycles. The molecule has 3 aromatic carbocycles. The Balaban J connectivity index is 1.75. The Labute approximate surface area is 168 Å². The molecule has 2 nitrogen and oxygen atoms in total. The highest BCUT2D eigenvalue weighted by molar-refractivity contribution is 5.28. The Bertz CT molecular complexity index is 880. The molecule has 0 unspecified atom stereocenters. The van der Waals surface area contributed by atoms with Crippen LogP contribution in [0.3, 0.4) is 0 Å². The summed E-state index contributed by atoms with van der Waals surface area (Å²) in [5.41, 5.74) is 2.96. The molecule has 1 aliphatic heterocycles. The number of hydrogen-bond donors (Lipinski definition) is 1. The molecule has 1 fully saturated rings. The molecule has 0 radical (unpaired) electrons. The Hall–Kier alpha value is -2.42. The van der Waals surface area contributed by atoms with Gasteiger partial charge >= 0.3 is 0 Å². The van der Waals surface area contributed by atoms with Crippen LogP contribution in [0.1, 0.15) is 42.1 Å². The third kappa shape index (κ3) is 3.63. The summed E-state index contributed by atoms with van der Waals surface area (Å²) < 4.78 is 0. The fourth-order valence-corrected chi connectivity index (χ4v) is 4.89. The van der Waals surface area contributed by atoms with Crippen molar-refractivity contribution < 1.29 is 5.11 Å². The average Bonchev–Trinajstić information content (AvgIpc) is 2.73. The van der Waals surface area contributed by atoms with Crippen LogP contribution in [0.25, 0.3) is 0 Å². The first kappa shape index (κ1) is 18.9. The molecular weight excluding hydrogens is 342 g/mol. The monoisotopic (exact) mass is 371 g/mol. The quantitative estimate of drug-likeness (QED) is 0.662. The van der Waals surface area contributed by atoms with Gasteiger partial charge in [-0.05, 0) is 30.2 Å². The summed E-state index contributed by atoms with van der Waals surface area (Å²) >= 11 is 0. The van der Waals surface area contributed by atoms with Crippen molar-refractivity contribution >= 4 is 0 Å². The maximum absolute atomic E-state index is 11.9. The number of nitrogens with zero attached hydrogens (tertiary/aromatic N) is 1. The van der Waals surface area contributed by atoms with Gasteiger partial charge < -0.3 is 5.11 Å². The number of benzene rings is 3. The summed E-state index contributed by atoms with van der Waals surface area (Å²) in [7, 11) is 2.20. The van der Waals surface area contributed by atoms with E-state index in [1.165, 1.54) is 16.7 Å². The first-order valence-corrected chi connectivity index (χ1v) is 10.2. The second-order valence-corrected chi connectivity index (χ2v) is 8.21. The second kappa shape index (κ2) is 7.90. The molecule has 3 aromatic rings. The predicted octanol–water partition coefficient (Wildman–Crippen LogP) is 5.41. The molecule has 0 spiro atoms. The van der Waals surface area contributed by atoms with Gasteiger partial charge in [-0.25, -0.2) is 0 Å². The van der Waals surface area contributed by atoms with E-state index in [1.54, 1.807) is 0 Å². The Morgan fingerprint density at radius 2 is 1.32 bits per heavy atom. The van der Waals surface area contributed by atoms with Crippen LogP contribution in [0.2, 0.25) is 0 Å². The Morgan fingerprint density at radius 1 is 0.821 bits per heavy atom. The summed E-state index contributed by atoms with van der Waals surface area (Å²) in [4.78, 5) is 2.45. The standard InChI is InChI=1S/C26H29NO/c1-20-25(23-16-10-5-11-17-23)27(2)24(22-14-8-4-9-15-22)19-26(20,28)18-21-12-6-3-7-13-21/h3-17,20,24-25,28H,18-19H2,1-2H3/t20-,24+,25-,26+/m1/s1. The van der Waals surface area contributed by atoms with E-state index in [0.717, 1.165) is 6.42 Å². The average molecular weight is 372 g/mol. The van der Waals surface area contributed by atoms with Gasteiger partial charge in [0.25, 0.3) is 0 Å². The maximum Gasteiger partial charge on any atom is 0.0749 e. The number of hydrogen-bond acceptors (Lipinski definition) is 2. The molecule has 4 rings (SSSR count). The molecule has 2 heteroatoms. The molecular formula is C26H29NO. The lowest BCUT2D eigenvalue weighted by molar-refractivity contribution is -0.113. The number of likely N-dealkylation sites (tertiary alicyclic amines) is 1. The van der Waals surface area contributed by atoms with Crippen molar-refractivity contribution in [1.29, 1.82) is 0 Å². The van der Waals surface area contributed by atoms with Crippen LogP contribution in [0, 0.1) is 5.92 Å². The van der Waals surface area contributed by atoms with Gasteiger partial charge in [0.1, 0.15) is 0 Å². The van der Waals surface area contributed by atoms with Gasteiger partial charge in [0, 0.05) is 24.4 Å². The van der Waals surface area contributed by atoms with E-state index < -0.39 is 5.60 Å². The zero-order valence-electron chi connectivity index (χ0n) is 16.7. The molecule has 1 aliphatic rings. The summed E-state index contributed by atoms with van der Waals surface area (Å²) in [6.45, 7) is 2.21. The van der Waals surface area contributed by atoms with Crippen molar-refractivity contribution in [2.45, 2.75) is 37.5 Å². The fraction of sp³-hybridized carbons (Fsp3) is 0.308. The summed E-state index contributed by atoms with van der Waals surface area (Å²) in [6, 6.07) is 32.0. The topological polar surface area (TPSA) is 23.5 Å². The van der Waals surface area contributed by atoms with Crippen LogP contribution in [-0.2, 0) is 6.42 Å². The lowest BCUT2D eigenvalue weighted by Crippen LogP contribution is -2.53. The van der Waals surface area contributed by atoms with Crippen molar-refractivity contribution in [2.24, 2.45) is 5.92 Å². The van der Waals surface area contributed by atoms with Crippen molar-refractivity contribution in [3.8, 4) is 0 Å². The zero-order chi connectivity index (χ0) is 19.6. The van der Waals surface area contributed by atoms with Crippen molar-refractivity contribution in [1.82, 2.24) is 4.90 Å². The van der Waals surface area contributed by atoms with Crippen LogP contribution in [0.5, 0.6) is 0 Å². The number of piperidine rings is 1. The molecule has 0 aliphatic carbocycles. The van der Waals surface area contributed by atoms with Crippen molar-refractivity contribution in [3.63, 3.8) is 0 Å². The zero-order valence-corrected chi connectivity index (χ0v) is 16.7. The molecule has 1 N–H and O–H groups in total. The van der Waals surface area contributed by atoms with Gasteiger partial charge in [0.15, 0.2) is 0 Å². The highest BCUT2D eigenvalue weighted by Crippen LogP contribution is 2.49. The molecule has 0 bridgehead atoms. The minimum atomic E-state index is -0.769. The van der Waals surface area contributed by atoms with Crippen LogP contribution < -0.4 is 0 Å². The van der Waals surface area contributed by atoms with E-state index in [2.05, 4.69) is 104 Å². The lowest BCUT2D eigenvalue weighted by atomic mass is 9.68. The van der Waals surface area contributed by atoms with E-state index in [1.807, 2.05) is 6.07 Å². The molecule has 0 aromatic heterocycles. The maximum atomic E-state index is 11.9. The molecule has 4 atom stereocenters. The minimum absolute atomic E-state index is 0.111. The Kier molecular flexibility index (Phi) is 5.34. The van der Waals surface area contributed by atoms with Gasteiger partial charge in [-0.1, -0.05) is 97.9 Å². The highest BCUT2D eigenvalue weighted by Gasteiger charge is 2.48.